The van der Waals surface area contributed by atoms with Crippen LogP contribution >= 0.6 is 23.4 Å². The summed E-state index contributed by atoms with van der Waals surface area (Å²) in [5, 5.41) is 12.3. The molecule has 0 aliphatic carbocycles. The van der Waals surface area contributed by atoms with Crippen LogP contribution in [0.2, 0.25) is 5.02 Å². The Morgan fingerprint density at radius 2 is 1.61 bits per heavy atom. The third kappa shape index (κ3) is 3.89. The highest BCUT2D eigenvalue weighted by molar-refractivity contribution is 8.00. The molecule has 4 aromatic rings. The first-order valence-corrected chi connectivity index (χ1v) is 11.0. The van der Waals surface area contributed by atoms with E-state index in [1.165, 1.54) is 11.8 Å². The Kier molecular flexibility index (Phi) is 5.36. The van der Waals surface area contributed by atoms with E-state index in [0.717, 1.165) is 11.1 Å². The maximum Gasteiger partial charge on any atom is 0.240 e. The third-order valence-corrected chi connectivity index (χ3v) is 6.56. The fraction of sp³-hybridized carbons (Fsp3) is 0.0870. The molecule has 6 nitrogen and oxygen atoms in total. The molecule has 2 atom stereocenters. The van der Waals surface area contributed by atoms with Gasteiger partial charge in [0.2, 0.25) is 11.1 Å². The van der Waals surface area contributed by atoms with E-state index in [1.54, 1.807) is 12.1 Å². The van der Waals surface area contributed by atoms with E-state index < -0.39 is 5.25 Å². The summed E-state index contributed by atoms with van der Waals surface area (Å²) in [6.07, 6.45) is 0. The number of hydrogen-bond acceptors (Lipinski definition) is 5. The number of nitrogens with one attached hydrogen (secondary N) is 2. The van der Waals surface area contributed by atoms with Crippen LogP contribution in [0.1, 0.15) is 11.6 Å². The summed E-state index contributed by atoms with van der Waals surface area (Å²) in [6.45, 7) is 0. The molecule has 1 aliphatic heterocycles. The second-order valence-corrected chi connectivity index (χ2v) is 8.55. The van der Waals surface area contributed by atoms with Crippen LogP contribution in [0.3, 0.4) is 0 Å². The molecule has 1 amide bonds. The molecule has 2 N–H and O–H groups in total. The molecule has 31 heavy (non-hydrogen) atoms. The van der Waals surface area contributed by atoms with Crippen LogP contribution in [0, 0.1) is 0 Å². The number of carbonyl (C=O) groups is 1. The van der Waals surface area contributed by atoms with Crippen LogP contribution in [0.15, 0.2) is 90.1 Å². The van der Waals surface area contributed by atoms with Crippen molar-refractivity contribution in [2.24, 2.45) is 0 Å². The smallest absolute Gasteiger partial charge is 0.240 e. The van der Waals surface area contributed by atoms with Crippen molar-refractivity contribution >= 4 is 35.0 Å². The van der Waals surface area contributed by atoms with Crippen molar-refractivity contribution in [1.29, 1.82) is 0 Å². The summed E-state index contributed by atoms with van der Waals surface area (Å²) in [6, 6.07) is 26.7. The number of thioether (sulfide) groups is 1. The van der Waals surface area contributed by atoms with Gasteiger partial charge in [-0.3, -0.25) is 4.79 Å². The minimum Gasteiger partial charge on any atom is -0.324 e. The quantitative estimate of drug-likeness (QED) is 0.460. The van der Waals surface area contributed by atoms with Gasteiger partial charge in [-0.05, 0) is 17.7 Å². The second-order valence-electron chi connectivity index (χ2n) is 7.03. The number of carbonyl (C=O) groups excluding carboxylic acids is 1. The number of fused-ring (bicyclic) bond motifs is 1. The first-order valence-electron chi connectivity index (χ1n) is 9.75. The first-order chi connectivity index (χ1) is 15.2. The number of rotatable bonds is 4. The number of amides is 1. The van der Waals surface area contributed by atoms with Gasteiger partial charge < -0.3 is 10.7 Å². The predicted octanol–water partition coefficient (Wildman–Crippen LogP) is 5.00. The molecule has 0 fully saturated rings. The van der Waals surface area contributed by atoms with Crippen molar-refractivity contribution < 1.29 is 4.79 Å². The molecule has 1 aromatic heterocycles. The van der Waals surface area contributed by atoms with Crippen LogP contribution in [0.5, 0.6) is 0 Å². The van der Waals surface area contributed by atoms with Crippen LogP contribution in [0.4, 0.5) is 5.69 Å². The predicted molar refractivity (Wildman–Crippen MR) is 124 cm³/mol. The zero-order chi connectivity index (χ0) is 21.2. The molecule has 0 saturated carbocycles. The van der Waals surface area contributed by atoms with Gasteiger partial charge in [0.1, 0.15) is 5.25 Å². The van der Waals surface area contributed by atoms with Gasteiger partial charge in [0.15, 0.2) is 5.82 Å². The summed E-state index contributed by atoms with van der Waals surface area (Å²) in [5.74, 6) is 0.545. The number of para-hydroxylation sites is 1. The Bertz CT molecular complexity index is 1220. The summed E-state index contributed by atoms with van der Waals surface area (Å²) >= 11 is 7.63. The topological polar surface area (TPSA) is 71.8 Å². The number of aromatic nitrogens is 3. The fourth-order valence-corrected chi connectivity index (χ4v) is 4.77. The number of benzene rings is 3. The average Bonchev–Trinajstić information content (AvgIpc) is 3.24. The van der Waals surface area contributed by atoms with Crippen molar-refractivity contribution in [2.45, 2.75) is 16.4 Å². The molecule has 8 heteroatoms. The van der Waals surface area contributed by atoms with Crippen LogP contribution in [0.25, 0.3) is 11.4 Å². The van der Waals surface area contributed by atoms with Gasteiger partial charge in [0.05, 0.1) is 16.8 Å². The van der Waals surface area contributed by atoms with Crippen molar-refractivity contribution in [3.8, 4) is 11.4 Å². The number of anilines is 1. The zero-order valence-corrected chi connectivity index (χ0v) is 17.8. The molecule has 3 aromatic carbocycles. The number of halogens is 1. The molecular weight excluding hydrogens is 430 g/mol. The van der Waals surface area contributed by atoms with Crippen molar-refractivity contribution in [3.63, 3.8) is 0 Å². The summed E-state index contributed by atoms with van der Waals surface area (Å²) in [5.41, 5.74) is 5.99. The maximum atomic E-state index is 13.3. The summed E-state index contributed by atoms with van der Waals surface area (Å²) in [4.78, 5) is 13.3. The van der Waals surface area contributed by atoms with Gasteiger partial charge in [-0.1, -0.05) is 96.2 Å². The first kappa shape index (κ1) is 19.7. The number of hydrogen-bond donors (Lipinski definition) is 2. The monoisotopic (exact) mass is 447 g/mol. The van der Waals surface area contributed by atoms with Gasteiger partial charge in [-0.2, -0.15) is 0 Å². The normalized spacial score (nSPS) is 17.5. The van der Waals surface area contributed by atoms with Gasteiger partial charge in [0.25, 0.3) is 0 Å². The Balaban J connectivity index is 1.51. The minimum atomic E-state index is -0.473. The van der Waals surface area contributed by atoms with Crippen LogP contribution in [-0.4, -0.2) is 26.0 Å². The molecule has 0 unspecified atom stereocenters. The third-order valence-electron chi connectivity index (χ3n) is 5.02. The lowest BCUT2D eigenvalue weighted by atomic mass is 10.0. The molecule has 0 saturated heterocycles. The minimum absolute atomic E-state index is 0.157. The lowest BCUT2D eigenvalue weighted by Crippen LogP contribution is -2.41. The standard InChI is InChI=1S/C23H18ClN5OS/c24-17-13-7-8-14-18(17)25-22(30)20-19(15-9-3-1-4-10-15)28-29-21(26-27-23(29)31-20)16-11-5-2-6-12-16/h1-14,19-20,28H,(H,25,30)/t19-,20-/m0/s1. The Labute approximate surface area is 188 Å². The molecule has 5 rings (SSSR count). The highest BCUT2D eigenvalue weighted by atomic mass is 35.5. The van der Waals surface area contributed by atoms with E-state index in [9.17, 15) is 4.79 Å². The van der Waals surface area contributed by atoms with E-state index in [2.05, 4.69) is 20.9 Å². The Hall–Kier alpha value is -3.29. The van der Waals surface area contributed by atoms with E-state index >= 15 is 0 Å². The highest BCUT2D eigenvalue weighted by Crippen LogP contribution is 2.39. The van der Waals surface area contributed by atoms with Gasteiger partial charge >= 0.3 is 0 Å². The highest BCUT2D eigenvalue weighted by Gasteiger charge is 2.38. The van der Waals surface area contributed by atoms with Crippen molar-refractivity contribution in [2.75, 3.05) is 10.7 Å². The Morgan fingerprint density at radius 1 is 0.935 bits per heavy atom. The van der Waals surface area contributed by atoms with E-state index in [1.807, 2.05) is 77.5 Å². The van der Waals surface area contributed by atoms with E-state index in [4.69, 9.17) is 11.6 Å². The zero-order valence-electron chi connectivity index (χ0n) is 16.3. The van der Waals surface area contributed by atoms with Gasteiger partial charge in [-0.15, -0.1) is 10.2 Å². The second kappa shape index (κ2) is 8.45. The molecule has 0 spiro atoms. The van der Waals surface area contributed by atoms with E-state index in [0.29, 0.717) is 21.7 Å². The summed E-state index contributed by atoms with van der Waals surface area (Å²) in [7, 11) is 0. The molecule has 0 radical (unpaired) electrons. The molecular formula is C23H18ClN5OS. The molecule has 1 aliphatic rings. The fourth-order valence-electron chi connectivity index (χ4n) is 3.51. The van der Waals surface area contributed by atoms with E-state index in [-0.39, 0.29) is 11.9 Å². The van der Waals surface area contributed by atoms with Crippen molar-refractivity contribution in [1.82, 2.24) is 14.9 Å². The van der Waals surface area contributed by atoms with Crippen molar-refractivity contribution in [3.05, 3.63) is 95.5 Å². The lowest BCUT2D eigenvalue weighted by Gasteiger charge is -2.33. The molecule has 2 heterocycles. The maximum absolute atomic E-state index is 13.3. The van der Waals surface area contributed by atoms with Crippen LogP contribution in [-0.2, 0) is 4.79 Å². The van der Waals surface area contributed by atoms with Gasteiger partial charge in [-0.25, -0.2) is 4.68 Å². The lowest BCUT2D eigenvalue weighted by molar-refractivity contribution is -0.116. The largest absolute Gasteiger partial charge is 0.324 e. The molecule has 154 valence electrons. The average molecular weight is 448 g/mol. The number of nitrogens with zero attached hydrogens (tertiary/aromatic N) is 3. The SMILES string of the molecule is O=C(Nc1ccccc1Cl)[C@H]1Sc2nnc(-c3ccccc3)n2N[C@H]1c1ccccc1. The van der Waals surface area contributed by atoms with Gasteiger partial charge in [0, 0.05) is 5.56 Å². The summed E-state index contributed by atoms with van der Waals surface area (Å²) < 4.78 is 1.86. The molecule has 0 bridgehead atoms. The Morgan fingerprint density at radius 3 is 2.35 bits per heavy atom. The van der Waals surface area contributed by atoms with Crippen LogP contribution < -0.4 is 10.7 Å².